The summed E-state index contributed by atoms with van der Waals surface area (Å²) in [6, 6.07) is 18.5. The molecule has 1 amide bonds. The van der Waals surface area contributed by atoms with Crippen LogP contribution < -0.4 is 10.0 Å². The topological polar surface area (TPSA) is 75.3 Å². The van der Waals surface area contributed by atoms with Crippen LogP contribution in [-0.2, 0) is 10.0 Å². The van der Waals surface area contributed by atoms with Crippen LogP contribution in [0.2, 0.25) is 5.02 Å². The van der Waals surface area contributed by atoms with E-state index in [0.717, 1.165) is 5.56 Å². The lowest BCUT2D eigenvalue weighted by atomic mass is 10.1. The fraction of sp³-hybridized carbons (Fsp3) is 0.0952. The summed E-state index contributed by atoms with van der Waals surface area (Å²) < 4.78 is 28.2. The highest BCUT2D eigenvalue weighted by Crippen LogP contribution is 2.27. The number of para-hydroxylation sites is 1. The number of anilines is 2. The van der Waals surface area contributed by atoms with Crippen LogP contribution in [0.1, 0.15) is 21.5 Å². The first-order valence-electron chi connectivity index (χ1n) is 8.52. The molecule has 0 radical (unpaired) electrons. The number of rotatable bonds is 5. The van der Waals surface area contributed by atoms with Crippen molar-refractivity contribution in [1.82, 2.24) is 0 Å². The molecule has 0 saturated carbocycles. The van der Waals surface area contributed by atoms with Crippen molar-refractivity contribution < 1.29 is 13.2 Å². The lowest BCUT2D eigenvalue weighted by Crippen LogP contribution is -2.16. The van der Waals surface area contributed by atoms with Gasteiger partial charge >= 0.3 is 0 Å². The Bertz CT molecular complexity index is 1140. The molecule has 3 aromatic carbocycles. The maximum atomic E-state index is 12.8. The van der Waals surface area contributed by atoms with Crippen LogP contribution in [0.15, 0.2) is 71.6 Å². The Morgan fingerprint density at radius 2 is 1.68 bits per heavy atom. The van der Waals surface area contributed by atoms with Gasteiger partial charge in [-0.05, 0) is 55.8 Å². The van der Waals surface area contributed by atoms with Gasteiger partial charge in [0, 0.05) is 11.3 Å². The molecule has 3 aromatic rings. The van der Waals surface area contributed by atoms with Crippen molar-refractivity contribution in [3.8, 4) is 0 Å². The second kappa shape index (κ2) is 8.04. The van der Waals surface area contributed by atoms with Gasteiger partial charge in [-0.2, -0.15) is 0 Å². The van der Waals surface area contributed by atoms with Crippen molar-refractivity contribution in [2.24, 2.45) is 0 Å². The summed E-state index contributed by atoms with van der Waals surface area (Å²) in [5.41, 5.74) is 2.69. The quantitative estimate of drug-likeness (QED) is 0.616. The van der Waals surface area contributed by atoms with E-state index in [1.54, 1.807) is 61.5 Å². The summed E-state index contributed by atoms with van der Waals surface area (Å²) in [4.78, 5) is 12.5. The molecule has 0 bridgehead atoms. The Kier molecular flexibility index (Phi) is 5.72. The minimum atomic E-state index is -3.88. The molecule has 0 aliphatic heterocycles. The van der Waals surface area contributed by atoms with Crippen LogP contribution in [0.5, 0.6) is 0 Å². The fourth-order valence-electron chi connectivity index (χ4n) is 2.70. The average molecular weight is 415 g/mol. The Morgan fingerprint density at radius 1 is 0.929 bits per heavy atom. The van der Waals surface area contributed by atoms with Crippen LogP contribution in [0, 0.1) is 13.8 Å². The van der Waals surface area contributed by atoms with Crippen molar-refractivity contribution in [2.45, 2.75) is 18.7 Å². The number of hydrogen-bond donors (Lipinski definition) is 2. The van der Waals surface area contributed by atoms with Gasteiger partial charge in [-0.3, -0.25) is 9.52 Å². The van der Waals surface area contributed by atoms with E-state index in [-0.39, 0.29) is 16.5 Å². The zero-order valence-electron chi connectivity index (χ0n) is 15.4. The molecule has 0 spiro atoms. The normalized spacial score (nSPS) is 11.1. The number of carbonyl (C=O) groups is 1. The van der Waals surface area contributed by atoms with Gasteiger partial charge in [-0.15, -0.1) is 0 Å². The van der Waals surface area contributed by atoms with Gasteiger partial charge in [0.05, 0.1) is 15.6 Å². The number of hydrogen-bond acceptors (Lipinski definition) is 3. The lowest BCUT2D eigenvalue weighted by molar-refractivity contribution is 0.102. The molecule has 0 fully saturated rings. The van der Waals surface area contributed by atoms with E-state index in [2.05, 4.69) is 10.0 Å². The lowest BCUT2D eigenvalue weighted by Gasteiger charge is -2.13. The Labute approximate surface area is 169 Å². The van der Waals surface area contributed by atoms with E-state index in [1.807, 2.05) is 13.0 Å². The first-order chi connectivity index (χ1) is 13.3. The Hall–Kier alpha value is -2.83. The molecule has 28 heavy (non-hydrogen) atoms. The number of nitrogens with one attached hydrogen (secondary N) is 2. The van der Waals surface area contributed by atoms with Crippen LogP contribution in [0.4, 0.5) is 11.4 Å². The van der Waals surface area contributed by atoms with E-state index in [0.29, 0.717) is 21.8 Å². The van der Waals surface area contributed by atoms with Crippen molar-refractivity contribution >= 4 is 38.9 Å². The molecule has 0 aliphatic rings. The van der Waals surface area contributed by atoms with Crippen molar-refractivity contribution in [3.05, 3.63) is 88.4 Å². The fourth-order valence-corrected chi connectivity index (χ4v) is 4.29. The third-order valence-corrected chi connectivity index (χ3v) is 5.97. The molecule has 0 heterocycles. The van der Waals surface area contributed by atoms with E-state index < -0.39 is 10.0 Å². The predicted molar refractivity (Wildman–Crippen MR) is 113 cm³/mol. The molecule has 144 valence electrons. The highest BCUT2D eigenvalue weighted by atomic mass is 35.5. The molecule has 0 aromatic heterocycles. The minimum absolute atomic E-state index is 0.0643. The zero-order valence-corrected chi connectivity index (χ0v) is 16.9. The standard InChI is InChI=1S/C21H19ClN2O3S/c1-14-6-5-7-16(12-14)21(25)23-17-11-10-15(2)20(13-17)28(26,27)24-19-9-4-3-8-18(19)22/h3-13,24H,1-2H3,(H,23,25). The van der Waals surface area contributed by atoms with Crippen molar-refractivity contribution in [3.63, 3.8) is 0 Å². The van der Waals surface area contributed by atoms with E-state index in [9.17, 15) is 13.2 Å². The summed E-state index contributed by atoms with van der Waals surface area (Å²) in [6.45, 7) is 3.58. The summed E-state index contributed by atoms with van der Waals surface area (Å²) in [6.07, 6.45) is 0. The van der Waals surface area contributed by atoms with Crippen LogP contribution in [0.25, 0.3) is 0 Å². The molecule has 0 unspecified atom stereocenters. The third-order valence-electron chi connectivity index (χ3n) is 4.13. The highest BCUT2D eigenvalue weighted by Gasteiger charge is 2.19. The Morgan fingerprint density at radius 3 is 2.39 bits per heavy atom. The maximum Gasteiger partial charge on any atom is 0.262 e. The molecule has 0 atom stereocenters. The molecule has 2 N–H and O–H groups in total. The summed E-state index contributed by atoms with van der Waals surface area (Å²) in [7, 11) is -3.88. The van der Waals surface area contributed by atoms with E-state index >= 15 is 0 Å². The second-order valence-corrected chi connectivity index (χ2v) is 8.45. The second-order valence-electron chi connectivity index (χ2n) is 6.39. The number of carbonyl (C=O) groups excluding carboxylic acids is 1. The predicted octanol–water partition coefficient (Wildman–Crippen LogP) is 5.01. The van der Waals surface area contributed by atoms with E-state index in [4.69, 9.17) is 11.6 Å². The van der Waals surface area contributed by atoms with Gasteiger partial charge in [0.1, 0.15) is 0 Å². The van der Waals surface area contributed by atoms with Crippen LogP contribution in [0.3, 0.4) is 0 Å². The number of amides is 1. The van der Waals surface area contributed by atoms with Gasteiger partial charge < -0.3 is 5.32 Å². The van der Waals surface area contributed by atoms with Gasteiger partial charge in [0.15, 0.2) is 0 Å². The molecular weight excluding hydrogens is 396 g/mol. The van der Waals surface area contributed by atoms with Gasteiger partial charge in [-0.25, -0.2) is 8.42 Å². The van der Waals surface area contributed by atoms with Crippen LogP contribution in [-0.4, -0.2) is 14.3 Å². The van der Waals surface area contributed by atoms with Crippen molar-refractivity contribution in [2.75, 3.05) is 10.0 Å². The zero-order chi connectivity index (χ0) is 20.3. The molecule has 5 nitrogen and oxygen atoms in total. The summed E-state index contributed by atoms with van der Waals surface area (Å²) in [5.74, 6) is -0.310. The smallest absolute Gasteiger partial charge is 0.262 e. The molecular formula is C21H19ClN2O3S. The maximum absolute atomic E-state index is 12.8. The van der Waals surface area contributed by atoms with Crippen molar-refractivity contribution in [1.29, 1.82) is 0 Å². The molecule has 0 aliphatic carbocycles. The average Bonchev–Trinajstić information content (AvgIpc) is 2.65. The van der Waals surface area contributed by atoms with Crippen LogP contribution >= 0.6 is 11.6 Å². The summed E-state index contributed by atoms with van der Waals surface area (Å²) >= 11 is 6.05. The largest absolute Gasteiger partial charge is 0.322 e. The third kappa shape index (κ3) is 4.52. The number of aryl methyl sites for hydroxylation is 2. The highest BCUT2D eigenvalue weighted by molar-refractivity contribution is 7.92. The Balaban J connectivity index is 1.89. The summed E-state index contributed by atoms with van der Waals surface area (Å²) in [5, 5.41) is 3.04. The first-order valence-corrected chi connectivity index (χ1v) is 10.4. The van der Waals surface area contributed by atoms with Gasteiger partial charge in [0.25, 0.3) is 15.9 Å². The van der Waals surface area contributed by atoms with Gasteiger partial charge in [0.2, 0.25) is 0 Å². The number of benzene rings is 3. The number of sulfonamides is 1. The first kappa shape index (κ1) is 19.9. The SMILES string of the molecule is Cc1cccc(C(=O)Nc2ccc(C)c(S(=O)(=O)Nc3ccccc3Cl)c2)c1. The van der Waals surface area contributed by atoms with E-state index in [1.165, 1.54) is 6.07 Å². The number of halogens is 1. The molecule has 3 rings (SSSR count). The molecule has 7 heteroatoms. The monoisotopic (exact) mass is 414 g/mol. The van der Waals surface area contributed by atoms with Gasteiger partial charge in [-0.1, -0.05) is 47.5 Å². The minimum Gasteiger partial charge on any atom is -0.322 e. The molecule has 0 saturated heterocycles.